The average Bonchev–Trinajstić information content (AvgIpc) is 3.14. The Morgan fingerprint density at radius 1 is 1.09 bits per heavy atom. The number of nitrogens with one attached hydrogen (secondary N) is 1. The number of thioether (sulfide) groups is 1. The van der Waals surface area contributed by atoms with E-state index in [1.807, 2.05) is 42.7 Å². The summed E-state index contributed by atoms with van der Waals surface area (Å²) in [6.07, 6.45) is 1.61. The second-order valence-corrected chi connectivity index (χ2v) is 8.93. The second-order valence-electron chi connectivity index (χ2n) is 7.94. The Labute approximate surface area is 198 Å². The van der Waals surface area contributed by atoms with Gasteiger partial charge in [0.1, 0.15) is 18.7 Å². The van der Waals surface area contributed by atoms with Crippen molar-refractivity contribution in [2.75, 3.05) is 25.2 Å². The van der Waals surface area contributed by atoms with Gasteiger partial charge in [0.2, 0.25) is 5.91 Å². The van der Waals surface area contributed by atoms with Crippen molar-refractivity contribution in [3.05, 3.63) is 59.7 Å². The summed E-state index contributed by atoms with van der Waals surface area (Å²) in [7, 11) is 0. The molecule has 0 aromatic heterocycles. The van der Waals surface area contributed by atoms with Crippen molar-refractivity contribution >= 4 is 29.7 Å². The minimum Gasteiger partial charge on any atom is -0.480 e. The number of nitrogens with zero attached hydrogens (tertiary/aromatic N) is 1. The predicted molar refractivity (Wildman–Crippen MR) is 129 cm³/mol. The van der Waals surface area contributed by atoms with Crippen molar-refractivity contribution in [3.8, 4) is 11.1 Å². The molecular formula is C25H30N2O5S. The summed E-state index contributed by atoms with van der Waals surface area (Å²) in [4.78, 5) is 38.4. The lowest BCUT2D eigenvalue weighted by molar-refractivity contribution is -0.150. The van der Waals surface area contributed by atoms with Crippen LogP contribution in [-0.2, 0) is 14.3 Å². The molecular weight excluding hydrogens is 440 g/mol. The topological polar surface area (TPSA) is 95.9 Å². The number of benzene rings is 2. The largest absolute Gasteiger partial charge is 0.480 e. The molecule has 0 saturated carbocycles. The smallest absolute Gasteiger partial charge is 0.407 e. The number of ether oxygens (including phenoxy) is 1. The number of rotatable bonds is 10. The first-order valence-electron chi connectivity index (χ1n) is 11.0. The zero-order valence-electron chi connectivity index (χ0n) is 19.1. The Morgan fingerprint density at radius 2 is 1.67 bits per heavy atom. The van der Waals surface area contributed by atoms with Gasteiger partial charge < -0.3 is 20.1 Å². The predicted octanol–water partition coefficient (Wildman–Crippen LogP) is 3.97. The van der Waals surface area contributed by atoms with Gasteiger partial charge in [0.25, 0.3) is 0 Å². The molecule has 0 saturated heterocycles. The van der Waals surface area contributed by atoms with Gasteiger partial charge in [-0.3, -0.25) is 4.79 Å². The summed E-state index contributed by atoms with van der Waals surface area (Å²) >= 11 is 1.55. The molecule has 0 heterocycles. The van der Waals surface area contributed by atoms with Crippen LogP contribution in [0.1, 0.15) is 37.3 Å². The summed E-state index contributed by atoms with van der Waals surface area (Å²) in [6.45, 7) is 3.56. The summed E-state index contributed by atoms with van der Waals surface area (Å²) in [5, 5.41) is 12.0. The maximum atomic E-state index is 13.0. The normalized spacial score (nSPS) is 14.0. The molecule has 0 aliphatic heterocycles. The molecule has 176 valence electrons. The molecule has 1 aliphatic rings. The number of alkyl carbamates (subject to hydrolysis) is 1. The van der Waals surface area contributed by atoms with E-state index in [4.69, 9.17) is 4.74 Å². The number of carboxylic acid groups (broad SMARTS) is 1. The Kier molecular flexibility index (Phi) is 8.38. The van der Waals surface area contributed by atoms with Crippen LogP contribution in [0.4, 0.5) is 4.79 Å². The van der Waals surface area contributed by atoms with Crippen molar-refractivity contribution in [2.24, 2.45) is 0 Å². The molecule has 2 aromatic rings. The number of carbonyl (C=O) groups excluding carboxylic acids is 2. The fourth-order valence-electron chi connectivity index (χ4n) is 4.23. The highest BCUT2D eigenvalue weighted by Gasteiger charge is 2.32. The zero-order valence-corrected chi connectivity index (χ0v) is 19.9. The van der Waals surface area contributed by atoms with Crippen molar-refractivity contribution in [1.29, 1.82) is 0 Å². The number of fused-ring (bicyclic) bond motifs is 3. The van der Waals surface area contributed by atoms with Gasteiger partial charge in [-0.1, -0.05) is 48.5 Å². The number of aliphatic carboxylic acids is 1. The number of carbonyl (C=O) groups is 3. The third kappa shape index (κ3) is 5.50. The van der Waals surface area contributed by atoms with Crippen LogP contribution in [0.3, 0.4) is 0 Å². The minimum absolute atomic E-state index is 0.0809. The Balaban J connectivity index is 1.70. The summed E-state index contributed by atoms with van der Waals surface area (Å²) < 4.78 is 5.58. The first-order chi connectivity index (χ1) is 15.9. The van der Waals surface area contributed by atoms with E-state index in [0.29, 0.717) is 12.2 Å². The zero-order chi connectivity index (χ0) is 24.0. The molecule has 2 amide bonds. The van der Waals surface area contributed by atoms with Crippen LogP contribution < -0.4 is 5.32 Å². The van der Waals surface area contributed by atoms with Crippen molar-refractivity contribution in [2.45, 2.75) is 38.3 Å². The summed E-state index contributed by atoms with van der Waals surface area (Å²) in [6, 6.07) is 14.3. The maximum absolute atomic E-state index is 13.0. The first kappa shape index (κ1) is 24.6. The molecule has 0 radical (unpaired) electrons. The number of hydrogen-bond donors (Lipinski definition) is 2. The lowest BCUT2D eigenvalue weighted by Crippen LogP contribution is -2.53. The molecule has 0 spiro atoms. The van der Waals surface area contributed by atoms with E-state index < -0.39 is 30.1 Å². The van der Waals surface area contributed by atoms with Crippen LogP contribution in [-0.4, -0.2) is 65.2 Å². The van der Waals surface area contributed by atoms with E-state index in [1.165, 1.54) is 11.8 Å². The van der Waals surface area contributed by atoms with Crippen molar-refractivity contribution in [1.82, 2.24) is 10.2 Å². The van der Waals surface area contributed by atoms with Gasteiger partial charge >= 0.3 is 12.1 Å². The highest BCUT2D eigenvalue weighted by molar-refractivity contribution is 7.98. The molecule has 3 rings (SSSR count). The fraction of sp³-hybridized carbons (Fsp3) is 0.400. The fourth-order valence-corrected chi connectivity index (χ4v) is 4.70. The number of amides is 2. The Morgan fingerprint density at radius 3 is 2.18 bits per heavy atom. The molecule has 1 unspecified atom stereocenters. The number of hydrogen-bond acceptors (Lipinski definition) is 5. The molecule has 7 nitrogen and oxygen atoms in total. The van der Waals surface area contributed by atoms with E-state index in [-0.39, 0.29) is 19.1 Å². The molecule has 1 aliphatic carbocycles. The van der Waals surface area contributed by atoms with Crippen LogP contribution in [0.5, 0.6) is 0 Å². The molecule has 0 fully saturated rings. The van der Waals surface area contributed by atoms with Crippen LogP contribution in [0.25, 0.3) is 11.1 Å². The standard InChI is InChI=1S/C25H30N2O5S/c1-4-27(16(2)24(29)30)23(28)22(13-14-33-3)26-25(31)32-15-21-19-11-7-5-9-17(19)18-10-6-8-12-20(18)21/h5-12,16,21-22H,4,13-15H2,1-3H3,(H,26,31)(H,29,30)/t16?,22-/m1/s1. The molecule has 8 heteroatoms. The minimum atomic E-state index is -1.09. The highest BCUT2D eigenvalue weighted by Crippen LogP contribution is 2.44. The lowest BCUT2D eigenvalue weighted by atomic mass is 9.98. The quantitative estimate of drug-likeness (QED) is 0.546. The van der Waals surface area contributed by atoms with E-state index >= 15 is 0 Å². The first-order valence-corrected chi connectivity index (χ1v) is 12.4. The van der Waals surface area contributed by atoms with Crippen molar-refractivity contribution in [3.63, 3.8) is 0 Å². The Hall–Kier alpha value is -3.00. The molecule has 0 bridgehead atoms. The van der Waals surface area contributed by atoms with Gasteiger partial charge in [-0.15, -0.1) is 0 Å². The van der Waals surface area contributed by atoms with Gasteiger partial charge in [-0.2, -0.15) is 11.8 Å². The number of likely N-dealkylation sites (N-methyl/N-ethyl adjacent to an activating group) is 1. The van der Waals surface area contributed by atoms with E-state index in [2.05, 4.69) is 17.4 Å². The summed E-state index contributed by atoms with van der Waals surface area (Å²) in [5.74, 6) is -0.952. The van der Waals surface area contributed by atoms with E-state index in [9.17, 15) is 19.5 Å². The van der Waals surface area contributed by atoms with Gasteiger partial charge in [-0.25, -0.2) is 9.59 Å². The van der Waals surface area contributed by atoms with Crippen molar-refractivity contribution < 1.29 is 24.2 Å². The second kappa shape index (κ2) is 11.2. The van der Waals surface area contributed by atoms with E-state index in [0.717, 1.165) is 22.3 Å². The lowest BCUT2D eigenvalue weighted by Gasteiger charge is -2.29. The monoisotopic (exact) mass is 470 g/mol. The van der Waals surface area contributed by atoms with Gasteiger partial charge in [-0.05, 0) is 54.5 Å². The Bertz CT molecular complexity index is 966. The SMILES string of the molecule is CCN(C(=O)[C@@H](CCSC)NC(=O)OCC1c2ccccc2-c2ccccc21)C(C)C(=O)O. The third-order valence-electron chi connectivity index (χ3n) is 5.99. The average molecular weight is 471 g/mol. The van der Waals surface area contributed by atoms with Crippen LogP contribution in [0, 0.1) is 0 Å². The van der Waals surface area contributed by atoms with Gasteiger partial charge in [0.05, 0.1) is 0 Å². The maximum Gasteiger partial charge on any atom is 0.407 e. The van der Waals surface area contributed by atoms with Crippen LogP contribution in [0.2, 0.25) is 0 Å². The third-order valence-corrected chi connectivity index (χ3v) is 6.64. The molecule has 33 heavy (non-hydrogen) atoms. The van der Waals surface area contributed by atoms with Crippen LogP contribution >= 0.6 is 11.8 Å². The highest BCUT2D eigenvalue weighted by atomic mass is 32.2. The molecule has 2 atom stereocenters. The van der Waals surface area contributed by atoms with Gasteiger partial charge in [0, 0.05) is 12.5 Å². The molecule has 2 aromatic carbocycles. The van der Waals surface area contributed by atoms with Gasteiger partial charge in [0.15, 0.2) is 0 Å². The molecule has 2 N–H and O–H groups in total. The van der Waals surface area contributed by atoms with E-state index in [1.54, 1.807) is 18.7 Å². The number of carboxylic acids is 1. The van der Waals surface area contributed by atoms with Crippen LogP contribution in [0.15, 0.2) is 48.5 Å². The summed E-state index contributed by atoms with van der Waals surface area (Å²) in [5.41, 5.74) is 4.48.